The predicted molar refractivity (Wildman–Crippen MR) is 87.6 cm³/mol. The van der Waals surface area contributed by atoms with Gasteiger partial charge in [0.1, 0.15) is 11.9 Å². The Morgan fingerprint density at radius 3 is 2.78 bits per heavy atom. The van der Waals surface area contributed by atoms with Crippen LogP contribution in [0.4, 0.5) is 10.1 Å². The fraction of sp³-hybridized carbons (Fsp3) is 0.529. The zero-order chi connectivity index (χ0) is 16.8. The van der Waals surface area contributed by atoms with Crippen molar-refractivity contribution < 1.29 is 9.18 Å². The number of nitrogens with zero attached hydrogens (tertiary/aromatic N) is 3. The van der Waals surface area contributed by atoms with Gasteiger partial charge in [-0.25, -0.2) is 4.39 Å². The Labute approximate surface area is 136 Å². The van der Waals surface area contributed by atoms with Gasteiger partial charge in [-0.3, -0.25) is 9.69 Å². The highest BCUT2D eigenvalue weighted by Crippen LogP contribution is 2.24. The van der Waals surface area contributed by atoms with Crippen LogP contribution in [0, 0.1) is 23.1 Å². The number of nitrogens with one attached hydrogen (secondary N) is 1. The Morgan fingerprint density at radius 1 is 1.48 bits per heavy atom. The van der Waals surface area contributed by atoms with Crippen LogP contribution >= 0.6 is 0 Å². The molecule has 1 fully saturated rings. The fourth-order valence-electron chi connectivity index (χ4n) is 3.03. The molecule has 1 aliphatic heterocycles. The Bertz CT molecular complexity index is 591. The van der Waals surface area contributed by atoms with E-state index in [0.29, 0.717) is 18.0 Å². The summed E-state index contributed by atoms with van der Waals surface area (Å²) >= 11 is 0. The van der Waals surface area contributed by atoms with E-state index in [1.54, 1.807) is 13.1 Å². The molecule has 23 heavy (non-hydrogen) atoms. The molecule has 1 aromatic rings. The molecule has 0 atom stereocenters. The summed E-state index contributed by atoms with van der Waals surface area (Å²) < 4.78 is 13.2. The third-order valence-electron chi connectivity index (χ3n) is 4.38. The lowest BCUT2D eigenvalue weighted by molar-refractivity contribution is -0.122. The van der Waals surface area contributed by atoms with Crippen molar-refractivity contribution in [2.75, 3.05) is 45.2 Å². The summed E-state index contributed by atoms with van der Waals surface area (Å²) in [5, 5.41) is 11.8. The maximum absolute atomic E-state index is 13.2. The van der Waals surface area contributed by atoms with Crippen LogP contribution in [0.25, 0.3) is 0 Å². The maximum atomic E-state index is 13.2. The molecule has 5 nitrogen and oxygen atoms in total. The number of nitriles is 1. The van der Waals surface area contributed by atoms with Crippen molar-refractivity contribution in [2.24, 2.45) is 5.92 Å². The normalized spacial score (nSPS) is 15.9. The highest BCUT2D eigenvalue weighted by molar-refractivity contribution is 5.77. The number of anilines is 1. The Hall–Kier alpha value is -2.13. The van der Waals surface area contributed by atoms with Crippen molar-refractivity contribution in [3.63, 3.8) is 0 Å². The first-order valence-corrected chi connectivity index (χ1v) is 7.87. The summed E-state index contributed by atoms with van der Waals surface area (Å²) in [6.07, 6.45) is 2.04. The van der Waals surface area contributed by atoms with Crippen molar-refractivity contribution in [1.29, 1.82) is 5.26 Å². The third kappa shape index (κ3) is 4.67. The fourth-order valence-corrected chi connectivity index (χ4v) is 3.03. The van der Waals surface area contributed by atoms with Crippen molar-refractivity contribution in [1.82, 2.24) is 10.2 Å². The number of halogens is 1. The molecular weight excluding hydrogens is 295 g/mol. The lowest BCUT2D eigenvalue weighted by Gasteiger charge is -2.34. The second kappa shape index (κ2) is 7.93. The summed E-state index contributed by atoms with van der Waals surface area (Å²) in [6, 6.07) is 6.38. The van der Waals surface area contributed by atoms with Gasteiger partial charge < -0.3 is 10.2 Å². The number of likely N-dealkylation sites (N-methyl/N-ethyl adjacent to an activating group) is 1. The highest BCUT2D eigenvalue weighted by atomic mass is 19.1. The number of rotatable bonds is 5. The Morgan fingerprint density at radius 2 is 2.17 bits per heavy atom. The topological polar surface area (TPSA) is 59.4 Å². The van der Waals surface area contributed by atoms with Crippen LogP contribution in [0.3, 0.4) is 0 Å². The summed E-state index contributed by atoms with van der Waals surface area (Å²) in [5.41, 5.74) is 1.13. The van der Waals surface area contributed by atoms with Crippen LogP contribution in [-0.4, -0.2) is 51.1 Å². The van der Waals surface area contributed by atoms with Crippen LogP contribution in [0.1, 0.15) is 18.4 Å². The first-order chi connectivity index (χ1) is 11.0. The monoisotopic (exact) mass is 318 g/mol. The lowest BCUT2D eigenvalue weighted by Crippen LogP contribution is -2.42. The van der Waals surface area contributed by atoms with E-state index in [0.717, 1.165) is 38.2 Å². The van der Waals surface area contributed by atoms with E-state index >= 15 is 0 Å². The molecule has 1 aliphatic rings. The van der Waals surface area contributed by atoms with Crippen molar-refractivity contribution in [3.8, 4) is 6.07 Å². The van der Waals surface area contributed by atoms with Gasteiger partial charge in [-0.2, -0.15) is 5.26 Å². The van der Waals surface area contributed by atoms with Crippen LogP contribution in [0.2, 0.25) is 0 Å². The maximum Gasteiger partial charge on any atom is 0.233 e. The molecule has 0 radical (unpaired) electrons. The van der Waals surface area contributed by atoms with E-state index in [-0.39, 0.29) is 11.7 Å². The minimum atomic E-state index is -0.388. The van der Waals surface area contributed by atoms with Gasteiger partial charge >= 0.3 is 0 Å². The number of benzene rings is 1. The van der Waals surface area contributed by atoms with Gasteiger partial charge in [0.05, 0.1) is 17.8 Å². The lowest BCUT2D eigenvalue weighted by atomic mass is 9.96. The molecule has 1 aromatic carbocycles. The average molecular weight is 318 g/mol. The number of carbonyl (C=O) groups is 1. The summed E-state index contributed by atoms with van der Waals surface area (Å²) in [4.78, 5) is 15.6. The largest absolute Gasteiger partial charge is 0.373 e. The molecule has 0 aromatic heterocycles. The Kier molecular flexibility index (Phi) is 5.94. The molecule has 0 unspecified atom stereocenters. The van der Waals surface area contributed by atoms with Crippen molar-refractivity contribution in [2.45, 2.75) is 12.8 Å². The first kappa shape index (κ1) is 17.2. The highest BCUT2D eigenvalue weighted by Gasteiger charge is 2.22. The molecule has 0 aliphatic carbocycles. The van der Waals surface area contributed by atoms with Gasteiger partial charge in [0, 0.05) is 20.6 Å². The molecule has 124 valence electrons. The summed E-state index contributed by atoms with van der Waals surface area (Å²) in [6.45, 7) is 3.09. The number of carbonyl (C=O) groups excluding carboxylic acids is 1. The smallest absolute Gasteiger partial charge is 0.233 e. The van der Waals surface area contributed by atoms with Crippen LogP contribution in [0.15, 0.2) is 18.2 Å². The molecule has 2 rings (SSSR count). The quantitative estimate of drug-likeness (QED) is 0.896. The van der Waals surface area contributed by atoms with Gasteiger partial charge in [0.25, 0.3) is 0 Å². The predicted octanol–water partition coefficient (Wildman–Crippen LogP) is 1.59. The second-order valence-corrected chi connectivity index (χ2v) is 6.05. The van der Waals surface area contributed by atoms with Gasteiger partial charge in [-0.15, -0.1) is 0 Å². The second-order valence-electron chi connectivity index (χ2n) is 6.05. The molecule has 1 saturated heterocycles. The van der Waals surface area contributed by atoms with Gasteiger partial charge in [0.2, 0.25) is 5.91 Å². The van der Waals surface area contributed by atoms with E-state index in [2.05, 4.69) is 16.3 Å². The Balaban J connectivity index is 1.89. The molecule has 1 heterocycles. The molecular formula is C17H23FN4O. The van der Waals surface area contributed by atoms with Crippen molar-refractivity contribution >= 4 is 11.6 Å². The summed E-state index contributed by atoms with van der Waals surface area (Å²) in [7, 11) is 3.59. The molecule has 1 amide bonds. The van der Waals surface area contributed by atoms with Crippen LogP contribution in [-0.2, 0) is 4.79 Å². The molecule has 0 bridgehead atoms. The van der Waals surface area contributed by atoms with E-state index in [4.69, 9.17) is 5.26 Å². The van der Waals surface area contributed by atoms with Crippen LogP contribution in [0.5, 0.6) is 0 Å². The minimum Gasteiger partial charge on any atom is -0.373 e. The van der Waals surface area contributed by atoms with E-state index in [1.165, 1.54) is 12.1 Å². The molecule has 0 saturated carbocycles. The number of hydrogen-bond donors (Lipinski definition) is 1. The van der Waals surface area contributed by atoms with Gasteiger partial charge in [0.15, 0.2) is 0 Å². The zero-order valence-electron chi connectivity index (χ0n) is 13.7. The third-order valence-corrected chi connectivity index (χ3v) is 4.38. The van der Waals surface area contributed by atoms with E-state index in [9.17, 15) is 9.18 Å². The number of hydrogen-bond acceptors (Lipinski definition) is 4. The van der Waals surface area contributed by atoms with Gasteiger partial charge in [-0.1, -0.05) is 0 Å². The number of likely N-dealkylation sites (tertiary alicyclic amines) is 1. The minimum absolute atomic E-state index is 0.0468. The first-order valence-electron chi connectivity index (χ1n) is 7.87. The van der Waals surface area contributed by atoms with Crippen LogP contribution < -0.4 is 10.2 Å². The average Bonchev–Trinajstić information content (AvgIpc) is 2.56. The number of piperidine rings is 1. The zero-order valence-corrected chi connectivity index (χ0v) is 13.7. The van der Waals surface area contributed by atoms with Crippen molar-refractivity contribution in [3.05, 3.63) is 29.6 Å². The standard InChI is InChI=1S/C17H23FN4O/c1-20-17(23)12-22-7-5-13(6-8-22)11-21(2)16-4-3-15(18)9-14(16)10-19/h3-4,9,13H,5-8,11-12H2,1-2H3,(H,20,23). The number of amides is 1. The van der Waals surface area contributed by atoms with Gasteiger partial charge in [-0.05, 0) is 50.0 Å². The molecule has 0 spiro atoms. The molecule has 6 heteroatoms. The summed E-state index contributed by atoms with van der Waals surface area (Å²) in [5.74, 6) is 0.171. The SMILES string of the molecule is CNC(=O)CN1CCC(CN(C)c2ccc(F)cc2C#N)CC1. The molecule has 1 N–H and O–H groups in total. The van der Waals surface area contributed by atoms with E-state index in [1.807, 2.05) is 11.9 Å². The van der Waals surface area contributed by atoms with E-state index < -0.39 is 0 Å².